The highest BCUT2D eigenvalue weighted by molar-refractivity contribution is 5.85. The molecule has 0 radical (unpaired) electrons. The molecule has 2 N–H and O–H groups in total. The lowest BCUT2D eigenvalue weighted by molar-refractivity contribution is 0.495. The largest absolute Gasteiger partial charge is 0.364 e. The van der Waals surface area contributed by atoms with E-state index in [2.05, 4.69) is 4.90 Å². The lowest BCUT2D eigenvalue weighted by Crippen LogP contribution is -2.28. The van der Waals surface area contributed by atoms with E-state index in [9.17, 15) is 8.78 Å². The number of hydrogen-bond donors (Lipinski definition) is 1. The highest BCUT2D eigenvalue weighted by atomic mass is 35.5. The van der Waals surface area contributed by atoms with Gasteiger partial charge in [0.25, 0.3) is 0 Å². The molecule has 2 unspecified atom stereocenters. The van der Waals surface area contributed by atoms with Crippen LogP contribution in [0.4, 0.5) is 14.5 Å². The molecule has 0 aliphatic carbocycles. The van der Waals surface area contributed by atoms with E-state index in [0.29, 0.717) is 12.5 Å². The van der Waals surface area contributed by atoms with Gasteiger partial charge in [0.1, 0.15) is 11.6 Å². The van der Waals surface area contributed by atoms with Gasteiger partial charge in [-0.25, -0.2) is 8.78 Å². The van der Waals surface area contributed by atoms with E-state index in [1.54, 1.807) is 12.1 Å². The van der Waals surface area contributed by atoms with Crippen LogP contribution in [-0.2, 0) is 0 Å². The third-order valence-corrected chi connectivity index (χ3v) is 4.20. The lowest BCUT2D eigenvalue weighted by atomic mass is 9.93. The second-order valence-electron chi connectivity index (χ2n) is 5.45. The van der Waals surface area contributed by atoms with Crippen LogP contribution in [0.25, 0.3) is 0 Å². The van der Waals surface area contributed by atoms with Crippen LogP contribution < -0.4 is 10.6 Å². The van der Waals surface area contributed by atoms with E-state index < -0.39 is 0 Å². The zero-order chi connectivity index (χ0) is 14.8. The van der Waals surface area contributed by atoms with E-state index in [1.165, 1.54) is 24.3 Å². The van der Waals surface area contributed by atoms with Gasteiger partial charge in [-0.3, -0.25) is 0 Å². The molecule has 3 rings (SSSR count). The molecular weight excluding hydrogens is 306 g/mol. The average Bonchev–Trinajstić information content (AvgIpc) is 2.93. The number of hydrogen-bond acceptors (Lipinski definition) is 2. The third-order valence-electron chi connectivity index (χ3n) is 4.20. The molecule has 2 nitrogen and oxygen atoms in total. The maximum absolute atomic E-state index is 13.1. The first-order valence-corrected chi connectivity index (χ1v) is 7.17. The van der Waals surface area contributed by atoms with Gasteiger partial charge in [0.15, 0.2) is 0 Å². The molecule has 0 saturated carbocycles. The van der Waals surface area contributed by atoms with Crippen molar-refractivity contribution >= 4 is 18.1 Å². The first-order valence-electron chi connectivity index (χ1n) is 7.17. The van der Waals surface area contributed by atoms with Crippen LogP contribution in [0.15, 0.2) is 48.5 Å². The fraction of sp³-hybridized carbons (Fsp3) is 0.294. The number of nitrogens with zero attached hydrogens (tertiary/aromatic N) is 1. The molecule has 0 amide bonds. The van der Waals surface area contributed by atoms with Crippen LogP contribution in [0.2, 0.25) is 0 Å². The molecule has 1 aliphatic heterocycles. The first kappa shape index (κ1) is 16.7. The van der Waals surface area contributed by atoms with Crippen LogP contribution in [-0.4, -0.2) is 13.1 Å². The zero-order valence-corrected chi connectivity index (χ0v) is 12.9. The summed E-state index contributed by atoms with van der Waals surface area (Å²) in [7, 11) is 0. The van der Waals surface area contributed by atoms with Gasteiger partial charge in [-0.05, 0) is 60.8 Å². The summed E-state index contributed by atoms with van der Waals surface area (Å²) in [6.07, 6.45) is 0.982. The summed E-state index contributed by atoms with van der Waals surface area (Å²) < 4.78 is 26.2. The molecular formula is C17H19ClF2N2. The van der Waals surface area contributed by atoms with Crippen molar-refractivity contribution in [2.45, 2.75) is 12.5 Å². The maximum Gasteiger partial charge on any atom is 0.123 e. The first-order chi connectivity index (χ1) is 10.2. The summed E-state index contributed by atoms with van der Waals surface area (Å²) in [6, 6.07) is 13.2. The summed E-state index contributed by atoms with van der Waals surface area (Å²) in [5, 5.41) is 0. The second kappa shape index (κ2) is 7.07. The van der Waals surface area contributed by atoms with E-state index in [-0.39, 0.29) is 30.1 Å². The molecule has 1 aliphatic rings. The van der Waals surface area contributed by atoms with E-state index >= 15 is 0 Å². The monoisotopic (exact) mass is 324 g/mol. The van der Waals surface area contributed by atoms with Gasteiger partial charge in [-0.15, -0.1) is 12.4 Å². The fourth-order valence-corrected chi connectivity index (χ4v) is 3.14. The van der Waals surface area contributed by atoms with Gasteiger partial charge < -0.3 is 10.6 Å². The Morgan fingerprint density at radius 3 is 2.05 bits per heavy atom. The predicted octanol–water partition coefficient (Wildman–Crippen LogP) is 3.91. The molecule has 2 aromatic rings. The third kappa shape index (κ3) is 3.23. The molecule has 118 valence electrons. The highest BCUT2D eigenvalue weighted by Gasteiger charge is 2.34. The molecule has 22 heavy (non-hydrogen) atoms. The standard InChI is InChI=1S/C17H18F2N2.ClH/c18-14-3-1-12(2-4-14)17-13(11-20)9-10-21(17)16-7-5-15(19)6-8-16;/h1-8,13,17H,9-11,20H2;1H. The van der Waals surface area contributed by atoms with E-state index in [1.807, 2.05) is 12.1 Å². The molecule has 2 atom stereocenters. The Morgan fingerprint density at radius 2 is 1.50 bits per heavy atom. The maximum atomic E-state index is 13.1. The van der Waals surface area contributed by atoms with Crippen LogP contribution in [0, 0.1) is 17.6 Å². The predicted molar refractivity (Wildman–Crippen MR) is 87.3 cm³/mol. The summed E-state index contributed by atoms with van der Waals surface area (Å²) in [6.45, 7) is 1.45. The Hall–Kier alpha value is -1.65. The van der Waals surface area contributed by atoms with Gasteiger partial charge in [-0.2, -0.15) is 0 Å². The number of rotatable bonds is 3. The van der Waals surface area contributed by atoms with Gasteiger partial charge in [0.05, 0.1) is 6.04 Å². The van der Waals surface area contributed by atoms with Crippen molar-refractivity contribution in [2.24, 2.45) is 11.7 Å². The van der Waals surface area contributed by atoms with Crippen LogP contribution in [0.3, 0.4) is 0 Å². The van der Waals surface area contributed by atoms with Crippen molar-refractivity contribution in [1.29, 1.82) is 0 Å². The van der Waals surface area contributed by atoms with Gasteiger partial charge in [0, 0.05) is 12.2 Å². The van der Waals surface area contributed by atoms with Crippen molar-refractivity contribution in [3.05, 3.63) is 65.7 Å². The van der Waals surface area contributed by atoms with Gasteiger partial charge in [0.2, 0.25) is 0 Å². The average molecular weight is 325 g/mol. The number of nitrogens with two attached hydrogens (primary N) is 1. The molecule has 1 saturated heterocycles. The zero-order valence-electron chi connectivity index (χ0n) is 12.1. The summed E-state index contributed by atoms with van der Waals surface area (Å²) >= 11 is 0. The second-order valence-corrected chi connectivity index (χ2v) is 5.45. The van der Waals surface area contributed by atoms with Crippen LogP contribution in [0.1, 0.15) is 18.0 Å². The molecule has 2 aromatic carbocycles. The van der Waals surface area contributed by atoms with Crippen molar-refractivity contribution in [1.82, 2.24) is 0 Å². The summed E-state index contributed by atoms with van der Waals surface area (Å²) in [5.74, 6) is -0.165. The Balaban J connectivity index is 0.00000176. The minimum Gasteiger partial charge on any atom is -0.364 e. The van der Waals surface area contributed by atoms with E-state index in [4.69, 9.17) is 5.73 Å². The summed E-state index contributed by atoms with van der Waals surface area (Å²) in [4.78, 5) is 2.23. The van der Waals surface area contributed by atoms with Gasteiger partial charge >= 0.3 is 0 Å². The Bertz CT molecular complexity index is 601. The minimum atomic E-state index is -0.244. The van der Waals surface area contributed by atoms with E-state index in [0.717, 1.165) is 24.2 Å². The molecule has 1 fully saturated rings. The Morgan fingerprint density at radius 1 is 0.955 bits per heavy atom. The minimum absolute atomic E-state index is 0. The number of anilines is 1. The van der Waals surface area contributed by atoms with Crippen LogP contribution in [0.5, 0.6) is 0 Å². The topological polar surface area (TPSA) is 29.3 Å². The lowest BCUT2D eigenvalue weighted by Gasteiger charge is -2.30. The number of halogens is 3. The highest BCUT2D eigenvalue weighted by Crippen LogP contribution is 2.39. The molecule has 1 heterocycles. The fourth-order valence-electron chi connectivity index (χ4n) is 3.14. The molecule has 0 aromatic heterocycles. The Kier molecular flexibility index (Phi) is 5.37. The van der Waals surface area contributed by atoms with Crippen molar-refractivity contribution < 1.29 is 8.78 Å². The van der Waals surface area contributed by atoms with Gasteiger partial charge in [-0.1, -0.05) is 12.1 Å². The quantitative estimate of drug-likeness (QED) is 0.927. The smallest absolute Gasteiger partial charge is 0.123 e. The molecule has 0 bridgehead atoms. The van der Waals surface area contributed by atoms with Crippen molar-refractivity contribution in [3.63, 3.8) is 0 Å². The van der Waals surface area contributed by atoms with Crippen LogP contribution >= 0.6 is 12.4 Å². The number of benzene rings is 2. The SMILES string of the molecule is Cl.NCC1CCN(c2ccc(F)cc2)C1c1ccc(F)cc1. The normalized spacial score (nSPS) is 20.8. The molecule has 5 heteroatoms. The van der Waals surface area contributed by atoms with Crippen molar-refractivity contribution in [2.75, 3.05) is 18.0 Å². The Labute approximate surface area is 135 Å². The summed E-state index contributed by atoms with van der Waals surface area (Å²) in [5.41, 5.74) is 7.92. The molecule has 0 spiro atoms. The van der Waals surface area contributed by atoms with Crippen molar-refractivity contribution in [3.8, 4) is 0 Å².